The largest absolute Gasteiger partial charge is 0.493 e. The van der Waals surface area contributed by atoms with Crippen LogP contribution in [0, 0.1) is 0 Å². The zero-order valence-corrected chi connectivity index (χ0v) is 13.6. The normalized spacial score (nSPS) is 10.7. The second-order valence-corrected chi connectivity index (χ2v) is 5.42. The van der Waals surface area contributed by atoms with E-state index in [-0.39, 0.29) is 0 Å². The lowest BCUT2D eigenvalue weighted by Gasteiger charge is -2.13. The number of aromatic nitrogens is 1. The van der Waals surface area contributed by atoms with Crippen LogP contribution in [0.3, 0.4) is 0 Å². The first-order valence-electron chi connectivity index (χ1n) is 6.62. The van der Waals surface area contributed by atoms with Gasteiger partial charge in [-0.05, 0) is 11.6 Å². The van der Waals surface area contributed by atoms with Crippen LogP contribution in [0.1, 0.15) is 0 Å². The van der Waals surface area contributed by atoms with Gasteiger partial charge in [-0.25, -0.2) is 4.98 Å². The van der Waals surface area contributed by atoms with Gasteiger partial charge in [0, 0.05) is 17.0 Å². The maximum absolute atomic E-state index is 6.59. The van der Waals surface area contributed by atoms with Gasteiger partial charge in [-0.2, -0.15) is 0 Å². The van der Waals surface area contributed by atoms with E-state index in [4.69, 9.17) is 32.7 Å². The molecular weight excluding hydrogens is 321 g/mol. The molecule has 0 fully saturated rings. The second-order valence-electron chi connectivity index (χ2n) is 4.68. The maximum Gasteiger partial charge on any atom is 0.162 e. The summed E-state index contributed by atoms with van der Waals surface area (Å²) in [5.74, 6) is 1.18. The van der Waals surface area contributed by atoms with Crippen molar-refractivity contribution in [1.29, 1.82) is 0 Å². The highest BCUT2D eigenvalue weighted by Gasteiger charge is 2.17. The van der Waals surface area contributed by atoms with Crippen molar-refractivity contribution in [2.75, 3.05) is 14.2 Å². The molecule has 0 amide bonds. The molecule has 0 bridgehead atoms. The molecule has 0 atom stereocenters. The first-order valence-corrected chi connectivity index (χ1v) is 7.37. The van der Waals surface area contributed by atoms with Crippen LogP contribution in [0.4, 0.5) is 0 Å². The molecule has 0 saturated heterocycles. The molecule has 0 N–H and O–H groups in total. The quantitative estimate of drug-likeness (QED) is 0.615. The van der Waals surface area contributed by atoms with Crippen molar-refractivity contribution >= 4 is 34.1 Å². The van der Waals surface area contributed by atoms with Crippen molar-refractivity contribution < 1.29 is 9.47 Å². The number of halogens is 2. The monoisotopic (exact) mass is 333 g/mol. The van der Waals surface area contributed by atoms with Gasteiger partial charge in [-0.1, -0.05) is 53.5 Å². The summed E-state index contributed by atoms with van der Waals surface area (Å²) in [6.07, 6.45) is 0. The minimum atomic E-state index is 0.357. The van der Waals surface area contributed by atoms with E-state index in [1.807, 2.05) is 36.4 Å². The van der Waals surface area contributed by atoms with Crippen LogP contribution < -0.4 is 9.47 Å². The maximum atomic E-state index is 6.59. The Balaban J connectivity index is 2.33. The summed E-state index contributed by atoms with van der Waals surface area (Å²) in [5, 5.41) is 1.67. The third kappa shape index (κ3) is 2.47. The average molecular weight is 334 g/mol. The lowest BCUT2D eigenvalue weighted by atomic mass is 10.0. The first kappa shape index (κ1) is 14.9. The van der Waals surface area contributed by atoms with Crippen LogP contribution in [-0.2, 0) is 0 Å². The second kappa shape index (κ2) is 6.03. The van der Waals surface area contributed by atoms with Gasteiger partial charge in [0.25, 0.3) is 0 Å². The summed E-state index contributed by atoms with van der Waals surface area (Å²) >= 11 is 12.9. The zero-order chi connectivity index (χ0) is 15.7. The molecule has 3 nitrogen and oxygen atoms in total. The Hall–Kier alpha value is -1.97. The van der Waals surface area contributed by atoms with Crippen molar-refractivity contribution in [3.05, 3.63) is 52.6 Å². The molecule has 1 aromatic heterocycles. The number of benzene rings is 2. The molecule has 0 radical (unpaired) electrons. The average Bonchev–Trinajstić information content (AvgIpc) is 2.54. The minimum absolute atomic E-state index is 0.357. The Labute approximate surface area is 138 Å². The predicted molar refractivity (Wildman–Crippen MR) is 90.3 cm³/mol. The Bertz CT molecular complexity index is 835. The van der Waals surface area contributed by atoms with Gasteiger partial charge in [-0.3, -0.25) is 0 Å². The predicted octanol–water partition coefficient (Wildman–Crippen LogP) is 5.23. The SMILES string of the molecule is COc1cc2nc(Cl)c(-c3ccccc3)c(Cl)c2cc1OC. The van der Waals surface area contributed by atoms with Crippen molar-refractivity contribution in [2.45, 2.75) is 0 Å². The Morgan fingerprint density at radius 3 is 2.18 bits per heavy atom. The smallest absolute Gasteiger partial charge is 0.162 e. The van der Waals surface area contributed by atoms with Crippen molar-refractivity contribution in [1.82, 2.24) is 4.98 Å². The molecule has 3 aromatic rings. The third-order valence-electron chi connectivity index (χ3n) is 3.45. The van der Waals surface area contributed by atoms with Gasteiger partial charge >= 0.3 is 0 Å². The number of hydrogen-bond donors (Lipinski definition) is 0. The van der Waals surface area contributed by atoms with Crippen molar-refractivity contribution in [2.24, 2.45) is 0 Å². The van der Waals surface area contributed by atoms with E-state index in [0.717, 1.165) is 10.9 Å². The number of methoxy groups -OCH3 is 2. The molecule has 3 rings (SSSR count). The van der Waals surface area contributed by atoms with Gasteiger partial charge in [0.15, 0.2) is 11.5 Å². The van der Waals surface area contributed by atoms with Crippen molar-refractivity contribution in [3.8, 4) is 22.6 Å². The minimum Gasteiger partial charge on any atom is -0.493 e. The molecule has 0 saturated carbocycles. The molecule has 112 valence electrons. The van der Waals surface area contributed by atoms with Crippen LogP contribution >= 0.6 is 23.2 Å². The summed E-state index contributed by atoms with van der Waals surface area (Å²) < 4.78 is 10.6. The Kier molecular flexibility index (Phi) is 4.10. The Morgan fingerprint density at radius 2 is 1.55 bits per heavy atom. The number of fused-ring (bicyclic) bond motifs is 1. The molecule has 0 unspecified atom stereocenters. The van der Waals surface area contributed by atoms with Gasteiger partial charge in [0.05, 0.1) is 24.8 Å². The first-order chi connectivity index (χ1) is 10.7. The zero-order valence-electron chi connectivity index (χ0n) is 12.1. The van der Waals surface area contributed by atoms with Gasteiger partial charge in [-0.15, -0.1) is 0 Å². The van der Waals surface area contributed by atoms with Crippen LogP contribution in [0.25, 0.3) is 22.0 Å². The summed E-state index contributed by atoms with van der Waals surface area (Å²) in [4.78, 5) is 4.44. The van der Waals surface area contributed by atoms with E-state index in [1.165, 1.54) is 0 Å². The summed E-state index contributed by atoms with van der Waals surface area (Å²) in [6, 6.07) is 13.3. The van der Waals surface area contributed by atoms with E-state index < -0.39 is 0 Å². The highest BCUT2D eigenvalue weighted by molar-refractivity contribution is 6.42. The Morgan fingerprint density at radius 1 is 0.909 bits per heavy atom. The van der Waals surface area contributed by atoms with Crippen LogP contribution in [0.5, 0.6) is 11.5 Å². The molecule has 0 aliphatic rings. The van der Waals surface area contributed by atoms with E-state index in [2.05, 4.69) is 4.98 Å². The number of rotatable bonds is 3. The van der Waals surface area contributed by atoms with Gasteiger partial charge in [0.2, 0.25) is 0 Å². The number of nitrogens with zero attached hydrogens (tertiary/aromatic N) is 1. The van der Waals surface area contributed by atoms with E-state index in [0.29, 0.717) is 32.8 Å². The van der Waals surface area contributed by atoms with Crippen LogP contribution in [0.2, 0.25) is 10.2 Å². The third-order valence-corrected chi connectivity index (χ3v) is 4.11. The topological polar surface area (TPSA) is 31.4 Å². The van der Waals surface area contributed by atoms with Gasteiger partial charge in [0.1, 0.15) is 5.15 Å². The molecule has 22 heavy (non-hydrogen) atoms. The number of pyridine rings is 1. The molecule has 5 heteroatoms. The molecule has 0 spiro atoms. The lowest BCUT2D eigenvalue weighted by Crippen LogP contribution is -1.94. The van der Waals surface area contributed by atoms with E-state index in [1.54, 1.807) is 20.3 Å². The molecule has 1 heterocycles. The van der Waals surface area contributed by atoms with Gasteiger partial charge < -0.3 is 9.47 Å². The fourth-order valence-corrected chi connectivity index (χ4v) is 3.07. The molecular formula is C17H13Cl2NO2. The fourth-order valence-electron chi connectivity index (χ4n) is 2.37. The molecule has 0 aliphatic carbocycles. The summed E-state index contributed by atoms with van der Waals surface area (Å²) in [7, 11) is 3.16. The number of hydrogen-bond acceptors (Lipinski definition) is 3. The highest BCUT2D eigenvalue weighted by atomic mass is 35.5. The van der Waals surface area contributed by atoms with Crippen LogP contribution in [-0.4, -0.2) is 19.2 Å². The molecule has 0 aliphatic heterocycles. The highest BCUT2D eigenvalue weighted by Crippen LogP contribution is 2.41. The summed E-state index contributed by atoms with van der Waals surface area (Å²) in [5.41, 5.74) is 2.29. The van der Waals surface area contributed by atoms with Crippen LogP contribution in [0.15, 0.2) is 42.5 Å². The lowest BCUT2D eigenvalue weighted by molar-refractivity contribution is 0.356. The van der Waals surface area contributed by atoms with Crippen molar-refractivity contribution in [3.63, 3.8) is 0 Å². The summed E-state index contributed by atoms with van der Waals surface area (Å²) in [6.45, 7) is 0. The standard InChI is InChI=1S/C17H13Cl2NO2/c1-21-13-8-11-12(9-14(13)22-2)20-17(19)15(16(11)18)10-6-4-3-5-7-10/h3-9H,1-2H3. The van der Waals surface area contributed by atoms with E-state index >= 15 is 0 Å². The molecule has 2 aromatic carbocycles. The number of ether oxygens (including phenoxy) is 2. The van der Waals surface area contributed by atoms with E-state index in [9.17, 15) is 0 Å². The fraction of sp³-hybridized carbons (Fsp3) is 0.118.